The molecule has 1 amide bonds. The summed E-state index contributed by atoms with van der Waals surface area (Å²) in [6, 6.07) is 9.08. The zero-order valence-corrected chi connectivity index (χ0v) is 10.7. The summed E-state index contributed by atoms with van der Waals surface area (Å²) in [5.41, 5.74) is 1.95. The van der Waals surface area contributed by atoms with Gasteiger partial charge in [0.25, 0.3) is 5.91 Å². The van der Waals surface area contributed by atoms with Crippen molar-refractivity contribution in [2.75, 3.05) is 10.7 Å². The van der Waals surface area contributed by atoms with Crippen LogP contribution in [0.4, 0.5) is 20.2 Å². The summed E-state index contributed by atoms with van der Waals surface area (Å²) in [4.78, 5) is 12.1. The van der Waals surface area contributed by atoms with E-state index in [4.69, 9.17) is 11.1 Å². The average Bonchev–Trinajstić information content (AvgIpc) is 2.48. The Bertz CT molecular complexity index is 740. The molecular formula is C14H10F2N4O. The zero-order valence-electron chi connectivity index (χ0n) is 10.7. The van der Waals surface area contributed by atoms with Gasteiger partial charge in [-0.1, -0.05) is 6.07 Å². The van der Waals surface area contributed by atoms with E-state index in [1.54, 1.807) is 6.07 Å². The van der Waals surface area contributed by atoms with Gasteiger partial charge < -0.3 is 10.7 Å². The minimum Gasteiger partial charge on any atom is -0.322 e. The lowest BCUT2D eigenvalue weighted by atomic mass is 10.1. The van der Waals surface area contributed by atoms with Gasteiger partial charge in [0.2, 0.25) is 0 Å². The molecule has 0 bridgehead atoms. The largest absolute Gasteiger partial charge is 0.322 e. The number of hydrogen-bond donors (Lipinski definition) is 3. The van der Waals surface area contributed by atoms with Crippen LogP contribution in [0.5, 0.6) is 0 Å². The molecule has 0 saturated heterocycles. The van der Waals surface area contributed by atoms with E-state index in [-0.39, 0.29) is 22.5 Å². The van der Waals surface area contributed by atoms with E-state index in [1.165, 1.54) is 24.3 Å². The number of benzene rings is 2. The van der Waals surface area contributed by atoms with Gasteiger partial charge in [0, 0.05) is 5.69 Å². The van der Waals surface area contributed by atoms with E-state index in [2.05, 4.69) is 10.7 Å². The molecule has 0 spiro atoms. The van der Waals surface area contributed by atoms with Crippen molar-refractivity contribution < 1.29 is 13.6 Å². The number of hydrazine groups is 1. The minimum absolute atomic E-state index is 0.0136. The Balaban J connectivity index is 2.31. The Hall–Kier alpha value is -2.98. The highest BCUT2D eigenvalue weighted by Gasteiger charge is 2.15. The number of nitrogens with one attached hydrogen (secondary N) is 2. The third-order valence-corrected chi connectivity index (χ3v) is 2.75. The fraction of sp³-hybridized carbons (Fsp3) is 0. The molecule has 0 aliphatic rings. The molecule has 5 nitrogen and oxygen atoms in total. The average molecular weight is 288 g/mol. The summed E-state index contributed by atoms with van der Waals surface area (Å²) < 4.78 is 26.7. The number of nitrogens with two attached hydrogens (primary N) is 1. The molecule has 0 aromatic heterocycles. The molecule has 0 atom stereocenters. The van der Waals surface area contributed by atoms with Gasteiger partial charge in [0.1, 0.15) is 17.7 Å². The van der Waals surface area contributed by atoms with Gasteiger partial charge in [0.05, 0.1) is 16.8 Å². The van der Waals surface area contributed by atoms with Gasteiger partial charge in [0.15, 0.2) is 0 Å². The van der Waals surface area contributed by atoms with Gasteiger partial charge in [-0.15, -0.1) is 0 Å². The lowest BCUT2D eigenvalue weighted by molar-refractivity contribution is 0.102. The number of carbonyl (C=O) groups excluding carboxylic acids is 1. The van der Waals surface area contributed by atoms with Crippen molar-refractivity contribution in [3.05, 3.63) is 59.2 Å². The summed E-state index contributed by atoms with van der Waals surface area (Å²) in [5, 5.41) is 11.2. The van der Waals surface area contributed by atoms with Crippen molar-refractivity contribution in [3.63, 3.8) is 0 Å². The van der Waals surface area contributed by atoms with Gasteiger partial charge >= 0.3 is 0 Å². The van der Waals surface area contributed by atoms with Crippen molar-refractivity contribution in [1.29, 1.82) is 5.26 Å². The molecule has 2 aromatic rings. The van der Waals surface area contributed by atoms with E-state index < -0.39 is 17.5 Å². The van der Waals surface area contributed by atoms with Crippen LogP contribution in [0.2, 0.25) is 0 Å². The fourth-order valence-corrected chi connectivity index (χ4v) is 1.75. The molecule has 2 rings (SSSR count). The quantitative estimate of drug-likeness (QED) is 0.597. The highest BCUT2D eigenvalue weighted by Crippen LogP contribution is 2.21. The lowest BCUT2D eigenvalue weighted by Gasteiger charge is -2.10. The maximum Gasteiger partial charge on any atom is 0.257 e. The predicted molar refractivity (Wildman–Crippen MR) is 73.3 cm³/mol. The van der Waals surface area contributed by atoms with Crippen molar-refractivity contribution in [3.8, 4) is 6.07 Å². The fourth-order valence-electron chi connectivity index (χ4n) is 1.75. The third-order valence-electron chi connectivity index (χ3n) is 2.75. The van der Waals surface area contributed by atoms with Crippen molar-refractivity contribution in [1.82, 2.24) is 0 Å². The van der Waals surface area contributed by atoms with Crippen molar-refractivity contribution in [2.45, 2.75) is 0 Å². The molecule has 0 saturated carbocycles. The predicted octanol–water partition coefficient (Wildman–Crippen LogP) is 2.37. The molecule has 0 fully saturated rings. The third kappa shape index (κ3) is 2.96. The molecule has 0 aliphatic heterocycles. The smallest absolute Gasteiger partial charge is 0.257 e. The molecule has 7 heteroatoms. The van der Waals surface area contributed by atoms with Crippen molar-refractivity contribution >= 4 is 17.3 Å². The number of nitrogens with zero attached hydrogens (tertiary/aromatic N) is 1. The monoisotopic (exact) mass is 288 g/mol. The zero-order chi connectivity index (χ0) is 15.4. The number of carbonyl (C=O) groups is 1. The van der Waals surface area contributed by atoms with Gasteiger partial charge in [-0.25, -0.2) is 8.78 Å². The standard InChI is InChI=1S/C14H10F2N4O/c15-11-5-4-9(6-8(11)7-17)19-14(21)10-2-1-3-12(16)13(10)20-18/h1-6,20H,18H2,(H,19,21). The van der Waals surface area contributed by atoms with Gasteiger partial charge in [-0.05, 0) is 30.3 Å². The molecule has 0 radical (unpaired) electrons. The Morgan fingerprint density at radius 3 is 2.62 bits per heavy atom. The van der Waals surface area contributed by atoms with E-state index in [9.17, 15) is 13.6 Å². The van der Waals surface area contributed by atoms with E-state index in [0.29, 0.717) is 0 Å². The Labute approximate surface area is 119 Å². The SMILES string of the molecule is N#Cc1cc(NC(=O)c2cccc(F)c2NN)ccc1F. The van der Waals surface area contributed by atoms with Crippen LogP contribution in [-0.4, -0.2) is 5.91 Å². The maximum absolute atomic E-state index is 13.5. The molecule has 2 aromatic carbocycles. The first kappa shape index (κ1) is 14.4. The topological polar surface area (TPSA) is 90.9 Å². The summed E-state index contributed by atoms with van der Waals surface area (Å²) in [5.74, 6) is 3.18. The summed E-state index contributed by atoms with van der Waals surface area (Å²) >= 11 is 0. The second-order valence-electron chi connectivity index (χ2n) is 4.07. The van der Waals surface area contributed by atoms with Crippen LogP contribution in [0, 0.1) is 23.0 Å². The number of halogens is 2. The van der Waals surface area contributed by atoms with Crippen LogP contribution in [0.3, 0.4) is 0 Å². The summed E-state index contributed by atoms with van der Waals surface area (Å²) in [6.07, 6.45) is 0. The second-order valence-corrected chi connectivity index (χ2v) is 4.07. The first-order valence-corrected chi connectivity index (χ1v) is 5.83. The molecule has 4 N–H and O–H groups in total. The number of anilines is 2. The summed E-state index contributed by atoms with van der Waals surface area (Å²) in [7, 11) is 0. The second kappa shape index (κ2) is 5.98. The summed E-state index contributed by atoms with van der Waals surface area (Å²) in [6.45, 7) is 0. The van der Waals surface area contributed by atoms with Gasteiger partial charge in [-0.3, -0.25) is 10.6 Å². The van der Waals surface area contributed by atoms with E-state index in [1.807, 2.05) is 0 Å². The molecule has 21 heavy (non-hydrogen) atoms. The Morgan fingerprint density at radius 2 is 1.95 bits per heavy atom. The van der Waals surface area contributed by atoms with E-state index in [0.717, 1.165) is 12.1 Å². The molecule has 0 unspecified atom stereocenters. The number of nitriles is 1. The molecular weight excluding hydrogens is 278 g/mol. The molecule has 0 aliphatic carbocycles. The number of para-hydroxylation sites is 1. The van der Waals surface area contributed by atoms with Crippen LogP contribution in [0.15, 0.2) is 36.4 Å². The van der Waals surface area contributed by atoms with Crippen LogP contribution < -0.4 is 16.6 Å². The van der Waals surface area contributed by atoms with Crippen molar-refractivity contribution in [2.24, 2.45) is 5.84 Å². The van der Waals surface area contributed by atoms with Crippen LogP contribution in [-0.2, 0) is 0 Å². The number of amides is 1. The number of nitrogen functional groups attached to an aromatic ring is 1. The van der Waals surface area contributed by atoms with Crippen LogP contribution in [0.25, 0.3) is 0 Å². The highest BCUT2D eigenvalue weighted by atomic mass is 19.1. The van der Waals surface area contributed by atoms with Crippen LogP contribution >= 0.6 is 0 Å². The number of rotatable bonds is 3. The molecule has 106 valence electrons. The van der Waals surface area contributed by atoms with Gasteiger partial charge in [-0.2, -0.15) is 5.26 Å². The normalized spacial score (nSPS) is 9.81. The maximum atomic E-state index is 13.5. The van der Waals surface area contributed by atoms with Crippen LogP contribution in [0.1, 0.15) is 15.9 Å². The Kier molecular flexibility index (Phi) is 4.11. The minimum atomic E-state index is -0.689. The highest BCUT2D eigenvalue weighted by molar-refractivity contribution is 6.08. The first-order valence-electron chi connectivity index (χ1n) is 5.83. The number of hydrogen-bond acceptors (Lipinski definition) is 4. The first-order chi connectivity index (χ1) is 10.1. The molecule has 0 heterocycles. The Morgan fingerprint density at radius 1 is 1.19 bits per heavy atom. The van der Waals surface area contributed by atoms with E-state index >= 15 is 0 Å². The lowest BCUT2D eigenvalue weighted by Crippen LogP contribution is -2.18.